The second kappa shape index (κ2) is 6.22. The first-order chi connectivity index (χ1) is 8.66. The lowest BCUT2D eigenvalue weighted by atomic mass is 9.86. The summed E-state index contributed by atoms with van der Waals surface area (Å²) in [5.41, 5.74) is 0. The predicted molar refractivity (Wildman–Crippen MR) is 71.3 cm³/mol. The van der Waals surface area contributed by atoms with Crippen molar-refractivity contribution < 1.29 is 4.79 Å². The van der Waals surface area contributed by atoms with Gasteiger partial charge in [0.25, 0.3) is 0 Å². The molecule has 1 aliphatic carbocycles. The highest BCUT2D eigenvalue weighted by atomic mass is 32.2. The minimum Gasteiger partial charge on any atom is -0.352 e. The van der Waals surface area contributed by atoms with E-state index in [0.717, 1.165) is 11.6 Å². The Morgan fingerprint density at radius 3 is 3.00 bits per heavy atom. The molecule has 5 nitrogen and oxygen atoms in total. The number of amides is 1. The van der Waals surface area contributed by atoms with Gasteiger partial charge in [-0.05, 0) is 18.8 Å². The molecule has 6 heteroatoms. The molecular weight excluding hydrogens is 248 g/mol. The van der Waals surface area contributed by atoms with Crippen molar-refractivity contribution in [1.29, 1.82) is 0 Å². The molecule has 2 atom stereocenters. The standard InChI is InChI=1S/C12H20N4OS/c1-9-5-3-4-6-10(9)14-11(17)7-18-12-15-13-8-16(12)2/h8-10H,3-7H2,1-2H3,(H,14,17). The Morgan fingerprint density at radius 2 is 2.33 bits per heavy atom. The first-order valence-corrected chi connectivity index (χ1v) is 7.41. The van der Waals surface area contributed by atoms with Crippen molar-refractivity contribution in [3.63, 3.8) is 0 Å². The summed E-state index contributed by atoms with van der Waals surface area (Å²) in [5.74, 6) is 1.11. The minimum absolute atomic E-state index is 0.0988. The van der Waals surface area contributed by atoms with Crippen LogP contribution in [0.1, 0.15) is 32.6 Å². The van der Waals surface area contributed by atoms with E-state index in [0.29, 0.717) is 17.7 Å². The molecule has 1 fully saturated rings. The van der Waals surface area contributed by atoms with Crippen LogP contribution in [0.25, 0.3) is 0 Å². The molecule has 0 bridgehead atoms. The summed E-state index contributed by atoms with van der Waals surface area (Å²) in [6.45, 7) is 2.22. The summed E-state index contributed by atoms with van der Waals surface area (Å²) < 4.78 is 1.82. The van der Waals surface area contributed by atoms with Crippen LogP contribution in [0.2, 0.25) is 0 Å². The number of carbonyl (C=O) groups is 1. The molecule has 2 rings (SSSR count). The first kappa shape index (κ1) is 13.4. The fraction of sp³-hybridized carbons (Fsp3) is 0.750. The lowest BCUT2D eigenvalue weighted by Crippen LogP contribution is -2.41. The van der Waals surface area contributed by atoms with Crippen LogP contribution in [-0.2, 0) is 11.8 Å². The summed E-state index contributed by atoms with van der Waals surface area (Å²) in [4.78, 5) is 11.9. The topological polar surface area (TPSA) is 59.8 Å². The fourth-order valence-corrected chi connectivity index (χ4v) is 3.01. The number of hydrogen-bond acceptors (Lipinski definition) is 4. The third kappa shape index (κ3) is 3.48. The molecule has 0 saturated heterocycles. The zero-order valence-corrected chi connectivity index (χ0v) is 11.7. The largest absolute Gasteiger partial charge is 0.352 e. The van der Waals surface area contributed by atoms with Gasteiger partial charge < -0.3 is 9.88 Å². The Morgan fingerprint density at radius 1 is 1.56 bits per heavy atom. The van der Waals surface area contributed by atoms with Crippen LogP contribution in [0.15, 0.2) is 11.5 Å². The first-order valence-electron chi connectivity index (χ1n) is 6.43. The molecular formula is C12H20N4OS. The SMILES string of the molecule is CC1CCCCC1NC(=O)CSc1nncn1C. The van der Waals surface area contributed by atoms with Gasteiger partial charge in [0.2, 0.25) is 5.91 Å². The van der Waals surface area contributed by atoms with Crippen molar-refractivity contribution >= 4 is 17.7 Å². The van der Waals surface area contributed by atoms with E-state index in [1.165, 1.54) is 31.0 Å². The molecule has 0 radical (unpaired) electrons. The molecule has 1 aromatic heterocycles. The van der Waals surface area contributed by atoms with Crippen molar-refractivity contribution in [2.45, 2.75) is 43.8 Å². The van der Waals surface area contributed by atoms with Gasteiger partial charge in [0.05, 0.1) is 5.75 Å². The van der Waals surface area contributed by atoms with Gasteiger partial charge in [-0.15, -0.1) is 10.2 Å². The van der Waals surface area contributed by atoms with E-state index in [9.17, 15) is 4.79 Å². The van der Waals surface area contributed by atoms with Crippen LogP contribution in [-0.4, -0.2) is 32.5 Å². The lowest BCUT2D eigenvalue weighted by Gasteiger charge is -2.29. The molecule has 100 valence electrons. The number of aryl methyl sites for hydroxylation is 1. The Bertz CT molecular complexity index is 407. The lowest BCUT2D eigenvalue weighted by molar-refractivity contribution is -0.119. The second-order valence-corrected chi connectivity index (χ2v) is 5.89. The number of nitrogens with zero attached hydrogens (tertiary/aromatic N) is 3. The molecule has 1 aromatic rings. The van der Waals surface area contributed by atoms with E-state index in [2.05, 4.69) is 22.4 Å². The number of hydrogen-bond donors (Lipinski definition) is 1. The maximum absolute atomic E-state index is 11.9. The minimum atomic E-state index is 0.0988. The van der Waals surface area contributed by atoms with Crippen LogP contribution in [0, 0.1) is 5.92 Å². The Hall–Kier alpha value is -1.04. The van der Waals surface area contributed by atoms with Gasteiger partial charge in [-0.2, -0.15) is 0 Å². The van der Waals surface area contributed by atoms with E-state index in [4.69, 9.17) is 0 Å². The fourth-order valence-electron chi connectivity index (χ4n) is 2.31. The molecule has 0 aliphatic heterocycles. The summed E-state index contributed by atoms with van der Waals surface area (Å²) in [6, 6.07) is 0.353. The molecule has 1 saturated carbocycles. The van der Waals surface area contributed by atoms with Crippen LogP contribution in [0.4, 0.5) is 0 Å². The molecule has 1 N–H and O–H groups in total. The maximum Gasteiger partial charge on any atom is 0.230 e. The smallest absolute Gasteiger partial charge is 0.230 e. The van der Waals surface area contributed by atoms with Crippen LogP contribution >= 0.6 is 11.8 Å². The summed E-state index contributed by atoms with van der Waals surface area (Å²) >= 11 is 1.43. The highest BCUT2D eigenvalue weighted by Gasteiger charge is 2.22. The number of thioether (sulfide) groups is 1. The van der Waals surface area contributed by atoms with E-state index < -0.39 is 0 Å². The van der Waals surface area contributed by atoms with E-state index in [1.54, 1.807) is 6.33 Å². The number of rotatable bonds is 4. The molecule has 1 amide bonds. The molecule has 18 heavy (non-hydrogen) atoms. The average molecular weight is 268 g/mol. The number of aromatic nitrogens is 3. The Labute approximate surface area is 112 Å². The predicted octanol–water partition coefficient (Wildman–Crippen LogP) is 1.60. The van der Waals surface area contributed by atoms with Gasteiger partial charge in [-0.25, -0.2) is 0 Å². The highest BCUT2D eigenvalue weighted by Crippen LogP contribution is 2.24. The molecule has 2 unspecified atom stereocenters. The summed E-state index contributed by atoms with van der Waals surface area (Å²) in [6.07, 6.45) is 6.50. The van der Waals surface area contributed by atoms with E-state index in [-0.39, 0.29) is 5.91 Å². The van der Waals surface area contributed by atoms with Crippen molar-refractivity contribution in [2.24, 2.45) is 13.0 Å². The Balaban J connectivity index is 1.76. The van der Waals surface area contributed by atoms with Gasteiger partial charge in [0.15, 0.2) is 5.16 Å². The monoisotopic (exact) mass is 268 g/mol. The van der Waals surface area contributed by atoms with E-state index >= 15 is 0 Å². The van der Waals surface area contributed by atoms with Crippen molar-refractivity contribution in [2.75, 3.05) is 5.75 Å². The molecule has 0 spiro atoms. The maximum atomic E-state index is 11.9. The summed E-state index contributed by atoms with van der Waals surface area (Å²) in [5, 5.41) is 11.6. The quantitative estimate of drug-likeness (QED) is 0.843. The van der Waals surface area contributed by atoms with Crippen LogP contribution in [0.5, 0.6) is 0 Å². The van der Waals surface area contributed by atoms with Crippen LogP contribution < -0.4 is 5.32 Å². The highest BCUT2D eigenvalue weighted by molar-refractivity contribution is 7.99. The van der Waals surface area contributed by atoms with Gasteiger partial charge in [0, 0.05) is 13.1 Å². The molecule has 1 heterocycles. The third-order valence-electron chi connectivity index (χ3n) is 3.46. The average Bonchev–Trinajstić information content (AvgIpc) is 2.75. The number of carbonyl (C=O) groups excluding carboxylic acids is 1. The van der Waals surface area contributed by atoms with Gasteiger partial charge in [-0.3, -0.25) is 4.79 Å². The molecule has 1 aliphatic rings. The second-order valence-electron chi connectivity index (χ2n) is 4.95. The van der Waals surface area contributed by atoms with Crippen molar-refractivity contribution in [3.8, 4) is 0 Å². The summed E-state index contributed by atoms with van der Waals surface area (Å²) in [7, 11) is 1.88. The zero-order chi connectivity index (χ0) is 13.0. The molecule has 0 aromatic carbocycles. The van der Waals surface area contributed by atoms with Gasteiger partial charge in [-0.1, -0.05) is 31.5 Å². The van der Waals surface area contributed by atoms with E-state index in [1.807, 2.05) is 11.6 Å². The third-order valence-corrected chi connectivity index (χ3v) is 4.49. The van der Waals surface area contributed by atoms with Crippen molar-refractivity contribution in [3.05, 3.63) is 6.33 Å². The van der Waals surface area contributed by atoms with Gasteiger partial charge >= 0.3 is 0 Å². The van der Waals surface area contributed by atoms with Gasteiger partial charge in [0.1, 0.15) is 6.33 Å². The Kier molecular flexibility index (Phi) is 4.63. The number of nitrogens with one attached hydrogen (secondary N) is 1. The van der Waals surface area contributed by atoms with Crippen LogP contribution in [0.3, 0.4) is 0 Å². The van der Waals surface area contributed by atoms with Crippen molar-refractivity contribution in [1.82, 2.24) is 20.1 Å². The zero-order valence-electron chi connectivity index (χ0n) is 10.9. The normalized spacial score (nSPS) is 23.9.